The molecule has 0 saturated heterocycles. The molecule has 170 valence electrons. The molecule has 0 aromatic heterocycles. The first-order valence-electron chi connectivity index (χ1n) is 12.6. The lowest BCUT2D eigenvalue weighted by molar-refractivity contribution is -0.130. The van der Waals surface area contributed by atoms with Gasteiger partial charge in [-0.1, -0.05) is 122 Å². The van der Waals surface area contributed by atoms with E-state index in [0.29, 0.717) is 11.3 Å². The SMILES string of the molecule is C=C(C)C(=O)Oc1ccc(CCCCCCCCCCCCCCCCCC)cc1. The Labute approximate surface area is 186 Å². The van der Waals surface area contributed by atoms with Gasteiger partial charge in [0.15, 0.2) is 0 Å². The van der Waals surface area contributed by atoms with Gasteiger partial charge < -0.3 is 4.74 Å². The number of hydrogen-bond acceptors (Lipinski definition) is 2. The lowest BCUT2D eigenvalue weighted by Crippen LogP contribution is -2.07. The van der Waals surface area contributed by atoms with Crippen molar-refractivity contribution in [2.24, 2.45) is 0 Å². The second kappa shape index (κ2) is 18.2. The van der Waals surface area contributed by atoms with Crippen molar-refractivity contribution in [3.8, 4) is 5.75 Å². The summed E-state index contributed by atoms with van der Waals surface area (Å²) < 4.78 is 5.23. The number of benzene rings is 1. The van der Waals surface area contributed by atoms with E-state index in [-0.39, 0.29) is 5.97 Å². The highest BCUT2D eigenvalue weighted by atomic mass is 16.5. The van der Waals surface area contributed by atoms with Gasteiger partial charge in [0.2, 0.25) is 0 Å². The molecule has 1 aromatic carbocycles. The van der Waals surface area contributed by atoms with Gasteiger partial charge in [0, 0.05) is 5.57 Å². The molecule has 0 aliphatic carbocycles. The molecule has 0 saturated carbocycles. The molecule has 0 amide bonds. The molecule has 0 fully saturated rings. The maximum Gasteiger partial charge on any atom is 0.338 e. The lowest BCUT2D eigenvalue weighted by atomic mass is 10.0. The summed E-state index contributed by atoms with van der Waals surface area (Å²) in [7, 11) is 0. The molecule has 1 aromatic rings. The number of carbonyl (C=O) groups is 1. The molecule has 2 nitrogen and oxygen atoms in total. The monoisotopic (exact) mass is 414 g/mol. The highest BCUT2D eigenvalue weighted by molar-refractivity contribution is 5.88. The van der Waals surface area contributed by atoms with Crippen LogP contribution >= 0.6 is 0 Å². The van der Waals surface area contributed by atoms with Gasteiger partial charge in [-0.05, 0) is 37.5 Å². The number of aryl methyl sites for hydroxylation is 1. The van der Waals surface area contributed by atoms with E-state index in [1.165, 1.54) is 108 Å². The van der Waals surface area contributed by atoms with E-state index in [9.17, 15) is 4.79 Å². The zero-order chi connectivity index (χ0) is 21.9. The summed E-state index contributed by atoms with van der Waals surface area (Å²) in [6, 6.07) is 7.88. The summed E-state index contributed by atoms with van der Waals surface area (Å²) in [5.74, 6) is 0.235. The first kappa shape index (κ1) is 26.5. The first-order valence-corrected chi connectivity index (χ1v) is 12.6. The van der Waals surface area contributed by atoms with E-state index in [2.05, 4.69) is 25.6 Å². The van der Waals surface area contributed by atoms with Crippen molar-refractivity contribution in [3.05, 3.63) is 42.0 Å². The maximum absolute atomic E-state index is 11.5. The molecule has 0 aliphatic heterocycles. The van der Waals surface area contributed by atoms with Crippen molar-refractivity contribution in [1.82, 2.24) is 0 Å². The Kier molecular flexibility index (Phi) is 16.1. The Morgan fingerprint density at radius 3 is 1.50 bits per heavy atom. The minimum Gasteiger partial charge on any atom is -0.423 e. The Bertz CT molecular complexity index is 559. The molecular weight excluding hydrogens is 368 g/mol. The molecule has 0 spiro atoms. The zero-order valence-corrected chi connectivity index (χ0v) is 19.9. The normalized spacial score (nSPS) is 10.9. The average Bonchev–Trinajstić information content (AvgIpc) is 2.74. The van der Waals surface area contributed by atoms with Crippen LogP contribution in [0.15, 0.2) is 36.4 Å². The summed E-state index contributed by atoms with van der Waals surface area (Å²) in [5.41, 5.74) is 1.74. The highest BCUT2D eigenvalue weighted by Gasteiger charge is 2.05. The first-order chi connectivity index (χ1) is 14.6. The Balaban J connectivity index is 1.88. The number of esters is 1. The van der Waals surface area contributed by atoms with Crippen molar-refractivity contribution >= 4 is 5.97 Å². The smallest absolute Gasteiger partial charge is 0.338 e. The summed E-state index contributed by atoms with van der Waals surface area (Å²) in [6.45, 7) is 7.55. The third kappa shape index (κ3) is 14.4. The number of rotatable bonds is 19. The summed E-state index contributed by atoms with van der Waals surface area (Å²) >= 11 is 0. The predicted octanol–water partition coefficient (Wildman–Crippen LogP) is 8.97. The van der Waals surface area contributed by atoms with Crippen LogP contribution in [0.5, 0.6) is 5.75 Å². The van der Waals surface area contributed by atoms with E-state index in [1.807, 2.05) is 12.1 Å². The summed E-state index contributed by atoms with van der Waals surface area (Å²) in [4.78, 5) is 11.5. The fourth-order valence-corrected chi connectivity index (χ4v) is 3.80. The second-order valence-corrected chi connectivity index (χ2v) is 8.87. The number of unbranched alkanes of at least 4 members (excludes halogenated alkanes) is 15. The van der Waals surface area contributed by atoms with Crippen LogP contribution in [0.2, 0.25) is 0 Å². The molecule has 0 bridgehead atoms. The molecule has 2 heteroatoms. The number of carbonyl (C=O) groups excluding carboxylic acids is 1. The predicted molar refractivity (Wildman–Crippen MR) is 130 cm³/mol. The second-order valence-electron chi connectivity index (χ2n) is 8.87. The highest BCUT2D eigenvalue weighted by Crippen LogP contribution is 2.17. The van der Waals surface area contributed by atoms with E-state index in [0.717, 1.165) is 6.42 Å². The van der Waals surface area contributed by atoms with Crippen molar-refractivity contribution in [3.63, 3.8) is 0 Å². The Hall–Kier alpha value is -1.57. The van der Waals surface area contributed by atoms with E-state index < -0.39 is 0 Å². The third-order valence-electron chi connectivity index (χ3n) is 5.80. The molecule has 0 heterocycles. The topological polar surface area (TPSA) is 26.3 Å². The Morgan fingerprint density at radius 2 is 1.10 bits per heavy atom. The van der Waals surface area contributed by atoms with Crippen LogP contribution in [-0.4, -0.2) is 5.97 Å². The van der Waals surface area contributed by atoms with E-state index in [1.54, 1.807) is 6.92 Å². The number of ether oxygens (including phenoxy) is 1. The van der Waals surface area contributed by atoms with Crippen molar-refractivity contribution < 1.29 is 9.53 Å². The van der Waals surface area contributed by atoms with Crippen molar-refractivity contribution in [2.45, 2.75) is 123 Å². The van der Waals surface area contributed by atoms with E-state index in [4.69, 9.17) is 4.74 Å². The molecule has 0 aliphatic rings. The lowest BCUT2D eigenvalue weighted by Gasteiger charge is -2.06. The molecular formula is C28H46O2. The summed E-state index contributed by atoms with van der Waals surface area (Å²) in [6.07, 6.45) is 23.5. The van der Waals surface area contributed by atoms with Gasteiger partial charge in [-0.25, -0.2) is 4.79 Å². The largest absolute Gasteiger partial charge is 0.423 e. The molecule has 0 atom stereocenters. The van der Waals surface area contributed by atoms with Crippen LogP contribution in [0.3, 0.4) is 0 Å². The quantitative estimate of drug-likeness (QED) is 0.0977. The van der Waals surface area contributed by atoms with Crippen LogP contribution < -0.4 is 4.74 Å². The van der Waals surface area contributed by atoms with Gasteiger partial charge >= 0.3 is 5.97 Å². The van der Waals surface area contributed by atoms with E-state index >= 15 is 0 Å². The molecule has 0 N–H and O–H groups in total. The number of hydrogen-bond donors (Lipinski definition) is 0. The Morgan fingerprint density at radius 1 is 0.700 bits per heavy atom. The minimum absolute atomic E-state index is 0.361. The van der Waals surface area contributed by atoms with Gasteiger partial charge in [0.25, 0.3) is 0 Å². The fraction of sp³-hybridized carbons (Fsp3) is 0.679. The zero-order valence-electron chi connectivity index (χ0n) is 19.9. The van der Waals surface area contributed by atoms with Gasteiger partial charge in [-0.15, -0.1) is 0 Å². The van der Waals surface area contributed by atoms with Gasteiger partial charge in [-0.3, -0.25) is 0 Å². The average molecular weight is 415 g/mol. The third-order valence-corrected chi connectivity index (χ3v) is 5.80. The van der Waals surface area contributed by atoms with Crippen LogP contribution in [0.4, 0.5) is 0 Å². The van der Waals surface area contributed by atoms with Gasteiger partial charge in [0.1, 0.15) is 5.75 Å². The maximum atomic E-state index is 11.5. The molecule has 0 radical (unpaired) electrons. The molecule has 1 rings (SSSR count). The fourth-order valence-electron chi connectivity index (χ4n) is 3.80. The standard InChI is InChI=1S/C28H46O2/c1-4-5-6-7-8-9-10-11-12-13-14-15-16-17-18-19-20-26-21-23-27(24-22-26)30-28(29)25(2)3/h21-24H,2,4-20H2,1,3H3. The van der Waals surface area contributed by atoms with Crippen molar-refractivity contribution in [2.75, 3.05) is 0 Å². The van der Waals surface area contributed by atoms with Crippen LogP contribution in [-0.2, 0) is 11.2 Å². The summed E-state index contributed by atoms with van der Waals surface area (Å²) in [5, 5.41) is 0. The van der Waals surface area contributed by atoms with Crippen LogP contribution in [0.1, 0.15) is 122 Å². The molecule has 30 heavy (non-hydrogen) atoms. The van der Waals surface area contributed by atoms with Crippen LogP contribution in [0, 0.1) is 0 Å². The van der Waals surface area contributed by atoms with Gasteiger partial charge in [-0.2, -0.15) is 0 Å². The van der Waals surface area contributed by atoms with Crippen LogP contribution in [0.25, 0.3) is 0 Å². The molecule has 0 unspecified atom stereocenters. The van der Waals surface area contributed by atoms with Gasteiger partial charge in [0.05, 0.1) is 0 Å². The van der Waals surface area contributed by atoms with Crippen molar-refractivity contribution in [1.29, 1.82) is 0 Å². The minimum atomic E-state index is -0.361.